The Morgan fingerprint density at radius 1 is 0.531 bits per heavy atom. The summed E-state index contributed by atoms with van der Waals surface area (Å²) >= 11 is 0. The molecule has 0 atom stereocenters. The van der Waals surface area contributed by atoms with Crippen LogP contribution in [0.2, 0.25) is 6.04 Å². The molecule has 0 aromatic heterocycles. The van der Waals surface area contributed by atoms with Gasteiger partial charge < -0.3 is 13.3 Å². The van der Waals surface area contributed by atoms with Crippen molar-refractivity contribution in [1.82, 2.24) is 0 Å². The van der Waals surface area contributed by atoms with Gasteiger partial charge in [0.05, 0.1) is 0 Å². The molecule has 0 rings (SSSR count). The molecular weight excluding hydrogens is 503 g/mol. The van der Waals surface area contributed by atoms with Crippen molar-refractivity contribution in [3.63, 3.8) is 0 Å². The minimum absolute atomic E-state index is 0.224. The predicted octanol–water partition coefficient (Wildman–Crippen LogP) is 6.76. The van der Waals surface area contributed by atoms with E-state index in [-0.39, 0.29) is 19.8 Å². The van der Waals surface area contributed by atoms with Gasteiger partial charge in [0, 0.05) is 25.9 Å². The summed E-state index contributed by atoms with van der Waals surface area (Å²) in [6.07, 6.45) is -26.3. The Morgan fingerprint density at radius 3 is 1.12 bits per heavy atom. The lowest BCUT2D eigenvalue weighted by Crippen LogP contribution is -2.70. The van der Waals surface area contributed by atoms with Gasteiger partial charge in [-0.3, -0.25) is 0 Å². The standard InChI is InChI=1S/C15H21F13O3Si/c1-4-29-32(30-5-2,31-6-3)9-7-8-10(13(20,21)22,14(23,24)25)11(16,17)12(18,19)15(26,27)28/h4-9H2,1-3H3. The number of alkyl halides is 13. The zero-order chi connectivity index (χ0) is 25.9. The lowest BCUT2D eigenvalue weighted by Gasteiger charge is -2.45. The summed E-state index contributed by atoms with van der Waals surface area (Å²) in [6, 6.07) is -0.982. The highest BCUT2D eigenvalue weighted by Gasteiger charge is 2.91. The van der Waals surface area contributed by atoms with Crippen molar-refractivity contribution >= 4 is 8.80 Å². The van der Waals surface area contributed by atoms with E-state index >= 15 is 0 Å². The van der Waals surface area contributed by atoms with E-state index in [1.54, 1.807) is 0 Å². The van der Waals surface area contributed by atoms with Crippen LogP contribution in [0.15, 0.2) is 0 Å². The molecule has 0 saturated heterocycles. The molecule has 3 nitrogen and oxygen atoms in total. The first kappa shape index (κ1) is 31.2. The van der Waals surface area contributed by atoms with Crippen LogP contribution in [0.3, 0.4) is 0 Å². The van der Waals surface area contributed by atoms with Crippen molar-refractivity contribution in [1.29, 1.82) is 0 Å². The summed E-state index contributed by atoms with van der Waals surface area (Å²) < 4.78 is 188. The molecule has 0 spiro atoms. The van der Waals surface area contributed by atoms with Crippen molar-refractivity contribution in [3.8, 4) is 0 Å². The molecule has 0 unspecified atom stereocenters. The largest absolute Gasteiger partial charge is 0.500 e. The molecule has 0 amide bonds. The van der Waals surface area contributed by atoms with Gasteiger partial charge in [-0.25, -0.2) is 0 Å². The van der Waals surface area contributed by atoms with Gasteiger partial charge in [-0.05, 0) is 33.6 Å². The minimum Gasteiger partial charge on any atom is -0.374 e. The quantitative estimate of drug-likeness (QED) is 0.209. The number of rotatable bonds is 12. The highest BCUT2D eigenvalue weighted by atomic mass is 28.4. The van der Waals surface area contributed by atoms with E-state index in [1.807, 2.05) is 0 Å². The first-order valence-electron chi connectivity index (χ1n) is 9.01. The van der Waals surface area contributed by atoms with Crippen molar-refractivity contribution in [2.24, 2.45) is 5.41 Å². The maximum Gasteiger partial charge on any atom is 0.500 e. The molecule has 0 aliphatic carbocycles. The van der Waals surface area contributed by atoms with Gasteiger partial charge in [0.25, 0.3) is 0 Å². The normalized spacial score (nSPS) is 15.4. The third-order valence-electron chi connectivity index (χ3n) is 4.38. The fourth-order valence-corrected chi connectivity index (χ4v) is 5.59. The fourth-order valence-electron chi connectivity index (χ4n) is 2.97. The molecular formula is C15H21F13O3Si. The fraction of sp³-hybridized carbons (Fsp3) is 1.00. The molecule has 0 aromatic carbocycles. The number of hydrogen-bond donors (Lipinski definition) is 0. The third kappa shape index (κ3) is 5.63. The maximum absolute atomic E-state index is 14.1. The highest BCUT2D eigenvalue weighted by Crippen LogP contribution is 2.67. The van der Waals surface area contributed by atoms with Gasteiger partial charge >= 0.3 is 39.2 Å². The van der Waals surface area contributed by atoms with Crippen LogP contribution in [0.1, 0.15) is 33.6 Å². The Bertz CT molecular complexity index is 556. The Morgan fingerprint density at radius 2 is 0.875 bits per heavy atom. The maximum atomic E-state index is 14.1. The van der Waals surface area contributed by atoms with E-state index in [2.05, 4.69) is 0 Å². The van der Waals surface area contributed by atoms with Crippen LogP contribution in [0, 0.1) is 5.41 Å². The molecule has 0 bridgehead atoms. The molecule has 32 heavy (non-hydrogen) atoms. The molecule has 0 radical (unpaired) electrons. The lowest BCUT2D eigenvalue weighted by atomic mass is 9.72. The van der Waals surface area contributed by atoms with Gasteiger partial charge in [0.1, 0.15) is 0 Å². The van der Waals surface area contributed by atoms with Crippen molar-refractivity contribution < 1.29 is 70.4 Å². The Balaban J connectivity index is 6.55. The first-order chi connectivity index (χ1) is 14.1. The summed E-state index contributed by atoms with van der Waals surface area (Å²) in [7, 11) is -4.04. The van der Waals surface area contributed by atoms with Crippen molar-refractivity contribution in [2.75, 3.05) is 19.8 Å². The van der Waals surface area contributed by atoms with E-state index in [1.165, 1.54) is 20.8 Å². The average molecular weight is 524 g/mol. The number of hydrogen-bond acceptors (Lipinski definition) is 3. The molecule has 194 valence electrons. The molecule has 0 saturated carbocycles. The Labute approximate surface area is 175 Å². The smallest absolute Gasteiger partial charge is 0.374 e. The van der Waals surface area contributed by atoms with E-state index in [0.29, 0.717) is 0 Å². The second-order valence-corrected chi connectivity index (χ2v) is 9.12. The predicted molar refractivity (Wildman–Crippen MR) is 85.2 cm³/mol. The van der Waals surface area contributed by atoms with Crippen LogP contribution in [0.4, 0.5) is 57.1 Å². The van der Waals surface area contributed by atoms with E-state index in [9.17, 15) is 57.1 Å². The van der Waals surface area contributed by atoms with Gasteiger partial charge in [0.15, 0.2) is 0 Å². The summed E-state index contributed by atoms with van der Waals surface area (Å²) in [5.41, 5.74) is -6.73. The minimum atomic E-state index is -7.65. The second-order valence-electron chi connectivity index (χ2n) is 6.38. The first-order valence-corrected chi connectivity index (χ1v) is 10.9. The van der Waals surface area contributed by atoms with Crippen molar-refractivity contribution in [3.05, 3.63) is 0 Å². The summed E-state index contributed by atoms with van der Waals surface area (Å²) in [5.74, 6) is -15.3. The van der Waals surface area contributed by atoms with Gasteiger partial charge in [-0.15, -0.1) is 0 Å². The Kier molecular flexibility index (Phi) is 9.95. The summed E-state index contributed by atoms with van der Waals surface area (Å²) in [4.78, 5) is 0. The van der Waals surface area contributed by atoms with E-state index in [4.69, 9.17) is 13.3 Å². The zero-order valence-corrected chi connectivity index (χ0v) is 17.9. The zero-order valence-electron chi connectivity index (χ0n) is 16.9. The molecule has 0 fully saturated rings. The van der Waals surface area contributed by atoms with Crippen LogP contribution in [-0.2, 0) is 13.3 Å². The molecule has 0 aliphatic rings. The van der Waals surface area contributed by atoms with Crippen LogP contribution < -0.4 is 0 Å². The SMILES string of the molecule is CCO[Si](CCCC(C(F)(F)F)(C(F)(F)F)C(F)(F)C(F)(F)C(F)(F)F)(OCC)OCC. The van der Waals surface area contributed by atoms with Crippen molar-refractivity contribution in [2.45, 2.75) is 70.0 Å². The molecule has 17 heteroatoms. The monoisotopic (exact) mass is 524 g/mol. The van der Waals surface area contributed by atoms with Crippen LogP contribution in [0.5, 0.6) is 0 Å². The van der Waals surface area contributed by atoms with Crippen LogP contribution >= 0.6 is 0 Å². The summed E-state index contributed by atoms with van der Waals surface area (Å²) in [6.45, 7) is 3.35. The third-order valence-corrected chi connectivity index (χ3v) is 7.53. The molecule has 0 aromatic rings. The topological polar surface area (TPSA) is 27.7 Å². The number of halogens is 13. The summed E-state index contributed by atoms with van der Waals surface area (Å²) in [5, 5.41) is 0. The van der Waals surface area contributed by atoms with Crippen LogP contribution in [-0.4, -0.2) is 59.0 Å². The Hall–Kier alpha value is -0.813. The van der Waals surface area contributed by atoms with Gasteiger partial charge in [0.2, 0.25) is 5.41 Å². The van der Waals surface area contributed by atoms with Crippen LogP contribution in [0.25, 0.3) is 0 Å². The average Bonchev–Trinajstić information content (AvgIpc) is 2.55. The highest BCUT2D eigenvalue weighted by molar-refractivity contribution is 6.60. The molecule has 0 aliphatic heterocycles. The van der Waals surface area contributed by atoms with E-state index < -0.39 is 63.5 Å². The van der Waals surface area contributed by atoms with Gasteiger partial charge in [-0.1, -0.05) is 0 Å². The second kappa shape index (κ2) is 10.2. The lowest BCUT2D eigenvalue weighted by molar-refractivity contribution is -0.461. The van der Waals surface area contributed by atoms with E-state index in [0.717, 1.165) is 0 Å². The van der Waals surface area contributed by atoms with Gasteiger partial charge in [-0.2, -0.15) is 57.1 Å². The molecule has 0 N–H and O–H groups in total. The molecule has 0 heterocycles.